The fraction of sp³-hybridized carbons (Fsp3) is 0.385. The zero-order chi connectivity index (χ0) is 12.1. The van der Waals surface area contributed by atoms with Crippen molar-refractivity contribution < 1.29 is 0 Å². The fourth-order valence-corrected chi connectivity index (χ4v) is 1.71. The van der Waals surface area contributed by atoms with Gasteiger partial charge in [-0.05, 0) is 30.7 Å². The number of imidazole rings is 1. The molecule has 90 valence electrons. The number of nitrogens with zero attached hydrogens (tertiary/aromatic N) is 3. The number of pyridine rings is 1. The number of hydrogen-bond donors (Lipinski definition) is 1. The van der Waals surface area contributed by atoms with Crippen LogP contribution in [0.15, 0.2) is 30.9 Å². The number of nitrogens with one attached hydrogen (secondary N) is 1. The summed E-state index contributed by atoms with van der Waals surface area (Å²) < 4.78 is 1.94. The summed E-state index contributed by atoms with van der Waals surface area (Å²) in [5, 5.41) is 3.34. The molecule has 0 saturated heterocycles. The largest absolute Gasteiger partial charge is 0.313 e. The zero-order valence-electron chi connectivity index (χ0n) is 10.3. The van der Waals surface area contributed by atoms with Crippen molar-refractivity contribution in [2.24, 2.45) is 0 Å². The van der Waals surface area contributed by atoms with Gasteiger partial charge in [-0.15, -0.1) is 0 Å². The Bertz CT molecular complexity index is 462. The van der Waals surface area contributed by atoms with Crippen LogP contribution in [-0.2, 0) is 13.0 Å². The average Bonchev–Trinajstić information content (AvgIpc) is 2.89. The first-order valence-corrected chi connectivity index (χ1v) is 6.02. The fourth-order valence-electron chi connectivity index (χ4n) is 1.71. The molecule has 0 fully saturated rings. The molecule has 1 N–H and O–H groups in total. The Kier molecular flexibility index (Phi) is 3.88. The van der Waals surface area contributed by atoms with Gasteiger partial charge < -0.3 is 5.32 Å². The topological polar surface area (TPSA) is 42.7 Å². The van der Waals surface area contributed by atoms with E-state index in [0.29, 0.717) is 0 Å². The first-order valence-electron chi connectivity index (χ1n) is 6.02. The molecule has 0 spiro atoms. The molecule has 0 amide bonds. The monoisotopic (exact) mass is 230 g/mol. The third kappa shape index (κ3) is 2.91. The van der Waals surface area contributed by atoms with E-state index in [1.54, 1.807) is 12.5 Å². The molecule has 0 aliphatic rings. The predicted molar refractivity (Wildman–Crippen MR) is 68.1 cm³/mol. The van der Waals surface area contributed by atoms with Gasteiger partial charge in [0, 0.05) is 24.6 Å². The Morgan fingerprint density at radius 2 is 2.18 bits per heavy atom. The highest BCUT2D eigenvalue weighted by Gasteiger charge is 2.03. The Balaban J connectivity index is 2.32. The van der Waals surface area contributed by atoms with E-state index in [4.69, 9.17) is 0 Å². The molecule has 0 aliphatic heterocycles. The van der Waals surface area contributed by atoms with Crippen molar-refractivity contribution in [3.8, 4) is 5.82 Å². The molecule has 2 aromatic rings. The van der Waals surface area contributed by atoms with Gasteiger partial charge in [-0.25, -0.2) is 9.97 Å². The van der Waals surface area contributed by atoms with Crippen LogP contribution in [0.2, 0.25) is 0 Å². The van der Waals surface area contributed by atoms with E-state index in [-0.39, 0.29) is 0 Å². The van der Waals surface area contributed by atoms with E-state index in [2.05, 4.69) is 41.3 Å². The van der Waals surface area contributed by atoms with Crippen LogP contribution in [0.4, 0.5) is 0 Å². The predicted octanol–water partition coefficient (Wildman–Crippen LogP) is 1.94. The summed E-state index contributed by atoms with van der Waals surface area (Å²) in [5.41, 5.74) is 2.38. The van der Waals surface area contributed by atoms with Crippen LogP contribution in [0.1, 0.15) is 25.1 Å². The summed E-state index contributed by atoms with van der Waals surface area (Å²) in [6, 6.07) is 4.26. The zero-order valence-corrected chi connectivity index (χ0v) is 10.3. The van der Waals surface area contributed by atoms with E-state index in [1.807, 2.05) is 10.8 Å². The summed E-state index contributed by atoms with van der Waals surface area (Å²) in [6.07, 6.45) is 6.41. The van der Waals surface area contributed by atoms with Gasteiger partial charge in [0.15, 0.2) is 0 Å². The third-order valence-corrected chi connectivity index (χ3v) is 2.63. The molecule has 0 aromatic carbocycles. The maximum atomic E-state index is 4.60. The molecule has 2 rings (SSSR count). The lowest BCUT2D eigenvalue weighted by Crippen LogP contribution is -2.13. The van der Waals surface area contributed by atoms with Crippen LogP contribution in [0.3, 0.4) is 0 Å². The minimum absolute atomic E-state index is 0.883. The summed E-state index contributed by atoms with van der Waals surface area (Å²) in [7, 11) is 0. The number of aromatic nitrogens is 3. The van der Waals surface area contributed by atoms with Gasteiger partial charge in [0.25, 0.3) is 0 Å². The maximum Gasteiger partial charge on any atom is 0.138 e. The molecule has 0 atom stereocenters. The van der Waals surface area contributed by atoms with Gasteiger partial charge in [0.1, 0.15) is 12.1 Å². The van der Waals surface area contributed by atoms with Crippen molar-refractivity contribution in [3.63, 3.8) is 0 Å². The molecular formula is C13H18N4. The molecule has 0 unspecified atom stereocenters. The van der Waals surface area contributed by atoms with Gasteiger partial charge in [-0.2, -0.15) is 0 Å². The second-order valence-corrected chi connectivity index (χ2v) is 3.93. The molecule has 0 saturated carbocycles. The van der Waals surface area contributed by atoms with Gasteiger partial charge in [0.2, 0.25) is 0 Å². The Morgan fingerprint density at radius 1 is 1.29 bits per heavy atom. The number of hydrogen-bond acceptors (Lipinski definition) is 3. The van der Waals surface area contributed by atoms with Gasteiger partial charge >= 0.3 is 0 Å². The highest BCUT2D eigenvalue weighted by atomic mass is 15.1. The molecule has 2 aromatic heterocycles. The molecule has 2 heterocycles. The number of aryl methyl sites for hydroxylation is 1. The first-order chi connectivity index (χ1) is 8.33. The van der Waals surface area contributed by atoms with Gasteiger partial charge in [-0.3, -0.25) is 4.57 Å². The quantitative estimate of drug-likeness (QED) is 0.853. The summed E-state index contributed by atoms with van der Waals surface area (Å²) in [4.78, 5) is 8.65. The Labute approximate surface area is 102 Å². The van der Waals surface area contributed by atoms with Crippen molar-refractivity contribution in [2.45, 2.75) is 26.8 Å². The van der Waals surface area contributed by atoms with Crippen LogP contribution in [-0.4, -0.2) is 21.1 Å². The average molecular weight is 230 g/mol. The van der Waals surface area contributed by atoms with Crippen LogP contribution in [0.25, 0.3) is 5.82 Å². The summed E-state index contributed by atoms with van der Waals surface area (Å²) in [5.74, 6) is 0.940. The summed E-state index contributed by atoms with van der Waals surface area (Å²) >= 11 is 0. The van der Waals surface area contributed by atoms with Crippen LogP contribution >= 0.6 is 0 Å². The van der Waals surface area contributed by atoms with E-state index in [1.165, 1.54) is 5.56 Å². The smallest absolute Gasteiger partial charge is 0.138 e. The normalized spacial score (nSPS) is 10.7. The van der Waals surface area contributed by atoms with Crippen molar-refractivity contribution in [2.75, 3.05) is 6.54 Å². The lowest BCUT2D eigenvalue weighted by molar-refractivity contribution is 0.723. The second-order valence-electron chi connectivity index (χ2n) is 3.93. The first kappa shape index (κ1) is 11.8. The van der Waals surface area contributed by atoms with Crippen molar-refractivity contribution in [1.82, 2.24) is 19.9 Å². The number of rotatable bonds is 5. The van der Waals surface area contributed by atoms with Gasteiger partial charge in [0.05, 0.1) is 0 Å². The molecule has 17 heavy (non-hydrogen) atoms. The van der Waals surface area contributed by atoms with E-state index < -0.39 is 0 Å². The van der Waals surface area contributed by atoms with E-state index in [9.17, 15) is 0 Å². The second kappa shape index (κ2) is 5.59. The molecule has 0 radical (unpaired) electrons. The third-order valence-electron chi connectivity index (χ3n) is 2.63. The standard InChI is InChI=1S/C13H18N4/c1-3-12-7-11(9-14-4-2)8-13(16-12)17-6-5-15-10-17/h5-8,10,14H,3-4,9H2,1-2H3. The lowest BCUT2D eigenvalue weighted by Gasteiger charge is -2.08. The molecular weight excluding hydrogens is 212 g/mol. The highest BCUT2D eigenvalue weighted by molar-refractivity contribution is 5.31. The highest BCUT2D eigenvalue weighted by Crippen LogP contribution is 2.11. The Morgan fingerprint density at radius 3 is 2.82 bits per heavy atom. The van der Waals surface area contributed by atoms with Gasteiger partial charge in [-0.1, -0.05) is 13.8 Å². The molecule has 0 aliphatic carbocycles. The Hall–Kier alpha value is -1.68. The molecule has 4 heteroatoms. The summed E-state index contributed by atoms with van der Waals surface area (Å²) in [6.45, 7) is 6.09. The lowest BCUT2D eigenvalue weighted by atomic mass is 10.2. The van der Waals surface area contributed by atoms with Crippen LogP contribution < -0.4 is 5.32 Å². The van der Waals surface area contributed by atoms with Crippen molar-refractivity contribution in [3.05, 3.63) is 42.1 Å². The SMILES string of the molecule is CCNCc1cc(CC)nc(-n2ccnc2)c1. The van der Waals surface area contributed by atoms with E-state index >= 15 is 0 Å². The molecule has 4 nitrogen and oxygen atoms in total. The van der Waals surface area contributed by atoms with E-state index in [0.717, 1.165) is 31.0 Å². The van der Waals surface area contributed by atoms with Crippen LogP contribution in [0.5, 0.6) is 0 Å². The van der Waals surface area contributed by atoms with Crippen molar-refractivity contribution in [1.29, 1.82) is 0 Å². The van der Waals surface area contributed by atoms with Crippen molar-refractivity contribution >= 4 is 0 Å². The minimum Gasteiger partial charge on any atom is -0.313 e. The minimum atomic E-state index is 0.883. The van der Waals surface area contributed by atoms with Crippen LogP contribution in [0, 0.1) is 0 Å². The molecule has 0 bridgehead atoms. The maximum absolute atomic E-state index is 4.60.